The van der Waals surface area contributed by atoms with E-state index in [-0.39, 0.29) is 0 Å². The van der Waals surface area contributed by atoms with Crippen LogP contribution < -0.4 is 17.0 Å². The fourth-order valence-electron chi connectivity index (χ4n) is 0.671. The molecule has 8 heavy (non-hydrogen) atoms. The highest BCUT2D eigenvalue weighted by atomic mass is 15.6. The van der Waals surface area contributed by atoms with Gasteiger partial charge in [-0.15, -0.1) is 0 Å². The van der Waals surface area contributed by atoms with Crippen molar-refractivity contribution in [2.75, 3.05) is 20.0 Å². The van der Waals surface area contributed by atoms with E-state index in [1.807, 2.05) is 0 Å². The second-order valence-corrected chi connectivity index (χ2v) is 1.89. The molecule has 0 aromatic rings. The lowest BCUT2D eigenvalue weighted by atomic mass is 10.7. The predicted octanol–water partition coefficient (Wildman–Crippen LogP) is -2.19. The van der Waals surface area contributed by atoms with E-state index in [9.17, 15) is 0 Å². The van der Waals surface area contributed by atoms with Crippen molar-refractivity contribution in [3.05, 3.63) is 0 Å². The molecule has 1 aliphatic heterocycles. The van der Waals surface area contributed by atoms with Crippen LogP contribution >= 0.6 is 0 Å². The minimum Gasteiger partial charge on any atom is -0.289 e. The summed E-state index contributed by atoms with van der Waals surface area (Å²) in [5.41, 5.74) is 0. The molecular formula is C3H11N5. The van der Waals surface area contributed by atoms with E-state index in [2.05, 4.69) is 5.32 Å². The fraction of sp³-hybridized carbons (Fsp3) is 1.00. The van der Waals surface area contributed by atoms with Crippen LogP contribution in [0.2, 0.25) is 0 Å². The van der Waals surface area contributed by atoms with Gasteiger partial charge in [-0.25, -0.2) is 10.0 Å². The first kappa shape index (κ1) is 5.93. The molecule has 1 rings (SSSR count). The van der Waals surface area contributed by atoms with Gasteiger partial charge in [-0.2, -0.15) is 0 Å². The molecule has 1 fully saturated rings. The average Bonchev–Trinajstić information content (AvgIpc) is 1.64. The van der Waals surface area contributed by atoms with E-state index < -0.39 is 0 Å². The fourth-order valence-corrected chi connectivity index (χ4v) is 0.671. The maximum Gasteiger partial charge on any atom is 0.0806 e. The Morgan fingerprint density at radius 1 is 1.12 bits per heavy atom. The van der Waals surface area contributed by atoms with Gasteiger partial charge in [0.1, 0.15) is 0 Å². The largest absolute Gasteiger partial charge is 0.289 e. The van der Waals surface area contributed by atoms with Crippen molar-refractivity contribution in [2.45, 2.75) is 0 Å². The van der Waals surface area contributed by atoms with Crippen LogP contribution in [0.3, 0.4) is 0 Å². The van der Waals surface area contributed by atoms with E-state index in [1.54, 1.807) is 10.0 Å². The summed E-state index contributed by atoms with van der Waals surface area (Å²) in [5, 5.41) is 6.19. The Hall–Kier alpha value is -0.200. The van der Waals surface area contributed by atoms with Crippen molar-refractivity contribution in [1.29, 1.82) is 0 Å². The topological polar surface area (TPSA) is 70.5 Å². The quantitative estimate of drug-likeness (QED) is 0.314. The van der Waals surface area contributed by atoms with Crippen LogP contribution in [-0.2, 0) is 0 Å². The molecule has 0 spiro atoms. The number of hydrazine groups is 2. The molecule has 5 nitrogen and oxygen atoms in total. The molecule has 0 aromatic carbocycles. The molecule has 1 aliphatic rings. The third kappa shape index (κ3) is 1.39. The lowest BCUT2D eigenvalue weighted by molar-refractivity contribution is 0.0661. The summed E-state index contributed by atoms with van der Waals surface area (Å²) in [7, 11) is 0. The van der Waals surface area contributed by atoms with Crippen LogP contribution in [0.5, 0.6) is 0 Å². The summed E-state index contributed by atoms with van der Waals surface area (Å²) in [6.07, 6.45) is 0. The van der Waals surface area contributed by atoms with E-state index >= 15 is 0 Å². The first-order chi connectivity index (χ1) is 3.79. The molecule has 0 amide bonds. The molecule has 48 valence electrons. The van der Waals surface area contributed by atoms with Crippen molar-refractivity contribution in [3.8, 4) is 0 Å². The zero-order chi connectivity index (χ0) is 5.98. The maximum atomic E-state index is 5.37. The third-order valence-corrected chi connectivity index (χ3v) is 0.993. The molecule has 0 atom stereocenters. The second kappa shape index (κ2) is 2.38. The standard InChI is InChI=1S/C3H11N5/c4-7-1-6-2-8(5)3-7/h6H,1-5H2. The van der Waals surface area contributed by atoms with Gasteiger partial charge in [0.2, 0.25) is 0 Å². The SMILES string of the molecule is NN1CNCN(N)C1. The number of rotatable bonds is 0. The summed E-state index contributed by atoms with van der Waals surface area (Å²) >= 11 is 0. The number of nitrogens with zero attached hydrogens (tertiary/aromatic N) is 2. The Balaban J connectivity index is 2.23. The summed E-state index contributed by atoms with van der Waals surface area (Å²) in [6, 6.07) is 0. The smallest absolute Gasteiger partial charge is 0.0806 e. The Kier molecular flexibility index (Phi) is 1.77. The van der Waals surface area contributed by atoms with E-state index in [0.717, 1.165) is 0 Å². The molecule has 5 heteroatoms. The van der Waals surface area contributed by atoms with Gasteiger partial charge in [0.05, 0.1) is 20.0 Å². The molecule has 1 heterocycles. The van der Waals surface area contributed by atoms with Crippen LogP contribution in [0.15, 0.2) is 0 Å². The highest BCUT2D eigenvalue weighted by molar-refractivity contribution is 4.52. The number of hydrogen-bond acceptors (Lipinski definition) is 5. The van der Waals surface area contributed by atoms with Crippen molar-refractivity contribution in [3.63, 3.8) is 0 Å². The summed E-state index contributed by atoms with van der Waals surface area (Å²) < 4.78 is 0. The molecule has 0 bridgehead atoms. The predicted molar refractivity (Wildman–Crippen MR) is 29.8 cm³/mol. The van der Waals surface area contributed by atoms with Crippen molar-refractivity contribution in [2.24, 2.45) is 11.7 Å². The molecule has 5 N–H and O–H groups in total. The first-order valence-electron chi connectivity index (χ1n) is 2.49. The maximum absolute atomic E-state index is 5.37. The average molecular weight is 117 g/mol. The highest BCUT2D eigenvalue weighted by Gasteiger charge is 2.08. The minimum atomic E-state index is 0.632. The Labute approximate surface area is 48.2 Å². The molecule has 0 saturated carbocycles. The van der Waals surface area contributed by atoms with Gasteiger partial charge in [0, 0.05) is 0 Å². The van der Waals surface area contributed by atoms with Crippen LogP contribution in [0, 0.1) is 0 Å². The van der Waals surface area contributed by atoms with E-state index in [4.69, 9.17) is 11.7 Å². The number of nitrogens with two attached hydrogens (primary N) is 2. The zero-order valence-electron chi connectivity index (χ0n) is 4.67. The van der Waals surface area contributed by atoms with Crippen LogP contribution in [0.4, 0.5) is 0 Å². The molecule has 0 radical (unpaired) electrons. The molecular weight excluding hydrogens is 106 g/mol. The first-order valence-corrected chi connectivity index (χ1v) is 2.49. The van der Waals surface area contributed by atoms with Crippen LogP contribution in [0.25, 0.3) is 0 Å². The highest BCUT2D eigenvalue weighted by Crippen LogP contribution is 1.83. The Morgan fingerprint density at radius 2 is 1.62 bits per heavy atom. The lowest BCUT2D eigenvalue weighted by Gasteiger charge is -2.29. The second-order valence-electron chi connectivity index (χ2n) is 1.89. The van der Waals surface area contributed by atoms with Gasteiger partial charge in [0.25, 0.3) is 0 Å². The van der Waals surface area contributed by atoms with Gasteiger partial charge in [-0.3, -0.25) is 17.0 Å². The number of nitrogens with one attached hydrogen (secondary N) is 1. The Bertz CT molecular complexity index is 66.1. The zero-order valence-corrected chi connectivity index (χ0v) is 4.67. The third-order valence-electron chi connectivity index (χ3n) is 0.993. The number of hydrogen-bond donors (Lipinski definition) is 3. The van der Waals surface area contributed by atoms with Gasteiger partial charge >= 0.3 is 0 Å². The van der Waals surface area contributed by atoms with Crippen molar-refractivity contribution >= 4 is 0 Å². The molecule has 1 saturated heterocycles. The lowest BCUT2D eigenvalue weighted by Crippen LogP contribution is -2.57. The van der Waals surface area contributed by atoms with Gasteiger partial charge in [-0.05, 0) is 0 Å². The minimum absolute atomic E-state index is 0.632. The normalized spacial score (nSPS) is 26.2. The van der Waals surface area contributed by atoms with Gasteiger partial charge in [-0.1, -0.05) is 0 Å². The van der Waals surface area contributed by atoms with Crippen molar-refractivity contribution in [1.82, 2.24) is 15.3 Å². The van der Waals surface area contributed by atoms with Gasteiger partial charge < -0.3 is 0 Å². The molecule has 0 aliphatic carbocycles. The monoisotopic (exact) mass is 117 g/mol. The molecule has 0 aromatic heterocycles. The van der Waals surface area contributed by atoms with Crippen LogP contribution in [-0.4, -0.2) is 30.0 Å². The van der Waals surface area contributed by atoms with Crippen LogP contribution in [0.1, 0.15) is 0 Å². The van der Waals surface area contributed by atoms with E-state index in [1.165, 1.54) is 0 Å². The summed E-state index contributed by atoms with van der Waals surface area (Å²) in [5.74, 6) is 10.7. The van der Waals surface area contributed by atoms with Crippen molar-refractivity contribution < 1.29 is 0 Å². The molecule has 0 unspecified atom stereocenters. The van der Waals surface area contributed by atoms with E-state index in [0.29, 0.717) is 20.0 Å². The van der Waals surface area contributed by atoms with Gasteiger partial charge in [0.15, 0.2) is 0 Å². The Morgan fingerprint density at radius 3 is 1.88 bits per heavy atom. The summed E-state index contributed by atoms with van der Waals surface area (Å²) in [6.45, 7) is 2.06. The summed E-state index contributed by atoms with van der Waals surface area (Å²) in [4.78, 5) is 0.